The second-order valence-electron chi connectivity index (χ2n) is 8.33. The summed E-state index contributed by atoms with van der Waals surface area (Å²) in [5, 5.41) is 16.4. The first-order valence-electron chi connectivity index (χ1n) is 11.3. The minimum Gasteiger partial charge on any atom is -0.496 e. The fourth-order valence-corrected chi connectivity index (χ4v) is 4.29. The van der Waals surface area contributed by atoms with Crippen molar-refractivity contribution in [1.82, 2.24) is 9.99 Å². The van der Waals surface area contributed by atoms with Gasteiger partial charge in [0.1, 0.15) is 5.75 Å². The Morgan fingerprint density at radius 1 is 0.972 bits per heavy atom. The highest BCUT2D eigenvalue weighted by atomic mass is 16.5. The van der Waals surface area contributed by atoms with Gasteiger partial charge in [-0.1, -0.05) is 54.6 Å². The molecule has 1 aromatic heterocycles. The Bertz CT molecular complexity index is 1630. The first kappa shape index (κ1) is 22.9. The van der Waals surface area contributed by atoms with Crippen molar-refractivity contribution in [3.05, 3.63) is 113 Å². The third-order valence-corrected chi connectivity index (χ3v) is 6.03. The van der Waals surface area contributed by atoms with Crippen LogP contribution in [0.4, 0.5) is 0 Å². The number of amides is 1. The van der Waals surface area contributed by atoms with Crippen LogP contribution in [-0.4, -0.2) is 34.9 Å². The van der Waals surface area contributed by atoms with Crippen molar-refractivity contribution < 1.29 is 19.4 Å². The first-order valence-corrected chi connectivity index (χ1v) is 11.3. The molecular formula is C29H23N3O4. The number of nitrogens with one attached hydrogen (secondary N) is 1. The molecule has 5 rings (SSSR count). The number of hydrogen-bond acceptors (Lipinski definition) is 4. The van der Waals surface area contributed by atoms with Crippen LogP contribution in [0.3, 0.4) is 0 Å². The SMILES string of the molecule is COc1cc2ccccc2cc1C(=O)NN=Cc1cn(Cc2cccc(C(=O)O)c2)c2ccccc12. The lowest BCUT2D eigenvalue weighted by Gasteiger charge is -2.09. The number of methoxy groups -OCH3 is 1. The fraction of sp³-hybridized carbons (Fsp3) is 0.0690. The summed E-state index contributed by atoms with van der Waals surface area (Å²) >= 11 is 0. The minimum atomic E-state index is -0.958. The van der Waals surface area contributed by atoms with Crippen LogP contribution in [0.2, 0.25) is 0 Å². The average molecular weight is 478 g/mol. The number of carboxylic acids is 1. The third-order valence-electron chi connectivity index (χ3n) is 6.03. The van der Waals surface area contributed by atoms with Gasteiger partial charge in [-0.05, 0) is 46.7 Å². The number of hydrazone groups is 1. The van der Waals surface area contributed by atoms with Crippen LogP contribution in [0.25, 0.3) is 21.7 Å². The van der Waals surface area contributed by atoms with Crippen LogP contribution in [-0.2, 0) is 6.54 Å². The molecule has 0 saturated carbocycles. The molecular weight excluding hydrogens is 454 g/mol. The van der Waals surface area contributed by atoms with E-state index in [0.29, 0.717) is 17.9 Å². The number of aromatic carboxylic acids is 1. The zero-order valence-corrected chi connectivity index (χ0v) is 19.5. The van der Waals surface area contributed by atoms with Gasteiger partial charge >= 0.3 is 5.97 Å². The van der Waals surface area contributed by atoms with E-state index < -0.39 is 5.97 Å². The Labute approximate surface area is 207 Å². The summed E-state index contributed by atoms with van der Waals surface area (Å²) < 4.78 is 7.46. The summed E-state index contributed by atoms with van der Waals surface area (Å²) in [5.41, 5.74) is 5.92. The Morgan fingerprint density at radius 2 is 1.72 bits per heavy atom. The van der Waals surface area contributed by atoms with E-state index in [9.17, 15) is 14.7 Å². The predicted octanol–water partition coefficient (Wildman–Crippen LogP) is 5.31. The first-order chi connectivity index (χ1) is 17.5. The highest BCUT2D eigenvalue weighted by Crippen LogP contribution is 2.26. The molecule has 7 nitrogen and oxygen atoms in total. The monoisotopic (exact) mass is 477 g/mol. The quantitative estimate of drug-likeness (QED) is 0.245. The van der Waals surface area contributed by atoms with E-state index in [2.05, 4.69) is 10.5 Å². The van der Waals surface area contributed by atoms with Crippen LogP contribution >= 0.6 is 0 Å². The molecule has 5 aromatic rings. The molecule has 0 aliphatic carbocycles. The lowest BCUT2D eigenvalue weighted by Crippen LogP contribution is -2.18. The Hall–Kier alpha value is -4.91. The molecule has 4 aromatic carbocycles. The molecule has 36 heavy (non-hydrogen) atoms. The Balaban J connectivity index is 1.40. The van der Waals surface area contributed by atoms with Crippen molar-refractivity contribution in [2.45, 2.75) is 6.54 Å². The molecule has 0 aliphatic heterocycles. The molecule has 0 fully saturated rings. The topological polar surface area (TPSA) is 92.9 Å². The number of ether oxygens (including phenoxy) is 1. The number of carbonyl (C=O) groups is 2. The average Bonchev–Trinajstić information content (AvgIpc) is 3.25. The lowest BCUT2D eigenvalue weighted by atomic mass is 10.1. The number of fused-ring (bicyclic) bond motifs is 2. The zero-order chi connectivity index (χ0) is 25.1. The second kappa shape index (κ2) is 9.76. The van der Waals surface area contributed by atoms with Gasteiger partial charge < -0.3 is 14.4 Å². The van der Waals surface area contributed by atoms with Crippen molar-refractivity contribution in [2.75, 3.05) is 7.11 Å². The molecule has 178 valence electrons. The zero-order valence-electron chi connectivity index (χ0n) is 19.5. The van der Waals surface area contributed by atoms with Crippen LogP contribution in [0.1, 0.15) is 31.8 Å². The van der Waals surface area contributed by atoms with E-state index in [0.717, 1.165) is 32.8 Å². The van der Waals surface area contributed by atoms with Gasteiger partial charge in [0.15, 0.2) is 0 Å². The Kier molecular flexibility index (Phi) is 6.19. The summed E-state index contributed by atoms with van der Waals surface area (Å²) in [4.78, 5) is 24.2. The summed E-state index contributed by atoms with van der Waals surface area (Å²) in [6.07, 6.45) is 3.54. The molecule has 0 bridgehead atoms. The van der Waals surface area contributed by atoms with Gasteiger partial charge in [0, 0.05) is 29.2 Å². The molecule has 0 saturated heterocycles. The van der Waals surface area contributed by atoms with Crippen LogP contribution in [0.15, 0.2) is 96.2 Å². The lowest BCUT2D eigenvalue weighted by molar-refractivity contribution is 0.0696. The van der Waals surface area contributed by atoms with E-state index in [1.165, 1.54) is 7.11 Å². The molecule has 0 radical (unpaired) electrons. The maximum atomic E-state index is 12.9. The van der Waals surface area contributed by atoms with Crippen LogP contribution in [0, 0.1) is 0 Å². The van der Waals surface area contributed by atoms with Gasteiger partial charge in [0.2, 0.25) is 0 Å². The van der Waals surface area contributed by atoms with Crippen LogP contribution in [0.5, 0.6) is 5.75 Å². The fourth-order valence-electron chi connectivity index (χ4n) is 4.29. The standard InChI is InChI=1S/C29H23N3O4/c1-36-27-15-21-9-3-2-8-20(21)14-25(27)28(33)31-30-16-23-18-32(26-12-5-4-11-24(23)26)17-19-7-6-10-22(13-19)29(34)35/h2-16,18H,17H2,1H3,(H,31,33)(H,34,35). The molecule has 0 unspecified atom stereocenters. The van der Waals surface area contributed by atoms with Crippen LogP contribution < -0.4 is 10.2 Å². The number of carboxylic acid groups (broad SMARTS) is 1. The van der Waals surface area contributed by atoms with E-state index in [1.54, 1.807) is 30.5 Å². The van der Waals surface area contributed by atoms with Crippen molar-refractivity contribution in [2.24, 2.45) is 5.10 Å². The number of carbonyl (C=O) groups excluding carboxylic acids is 1. The van der Waals surface area contributed by atoms with Gasteiger partial charge in [0.05, 0.1) is 24.5 Å². The molecule has 0 aliphatic rings. The normalized spacial score (nSPS) is 11.2. The molecule has 1 amide bonds. The summed E-state index contributed by atoms with van der Waals surface area (Å²) in [7, 11) is 1.53. The number of benzene rings is 4. The van der Waals surface area contributed by atoms with E-state index in [-0.39, 0.29) is 11.5 Å². The number of rotatable bonds is 7. The van der Waals surface area contributed by atoms with E-state index in [1.807, 2.05) is 71.4 Å². The highest BCUT2D eigenvalue weighted by molar-refractivity contribution is 6.03. The van der Waals surface area contributed by atoms with Gasteiger partial charge in [-0.3, -0.25) is 4.79 Å². The van der Waals surface area contributed by atoms with Crippen molar-refractivity contribution in [3.63, 3.8) is 0 Å². The van der Waals surface area contributed by atoms with Crippen molar-refractivity contribution in [1.29, 1.82) is 0 Å². The minimum absolute atomic E-state index is 0.248. The second-order valence-corrected chi connectivity index (χ2v) is 8.33. The highest BCUT2D eigenvalue weighted by Gasteiger charge is 2.14. The predicted molar refractivity (Wildman–Crippen MR) is 140 cm³/mol. The van der Waals surface area contributed by atoms with E-state index in [4.69, 9.17) is 4.74 Å². The number of para-hydroxylation sites is 1. The summed E-state index contributed by atoms with van der Waals surface area (Å²) in [6.45, 7) is 0.496. The maximum absolute atomic E-state index is 12.9. The van der Waals surface area contributed by atoms with E-state index >= 15 is 0 Å². The molecule has 2 N–H and O–H groups in total. The number of aromatic nitrogens is 1. The molecule has 7 heteroatoms. The maximum Gasteiger partial charge on any atom is 0.335 e. The van der Waals surface area contributed by atoms with Crippen molar-refractivity contribution in [3.8, 4) is 5.75 Å². The van der Waals surface area contributed by atoms with Gasteiger partial charge in [-0.25, -0.2) is 10.2 Å². The van der Waals surface area contributed by atoms with Gasteiger partial charge in [0.25, 0.3) is 5.91 Å². The smallest absolute Gasteiger partial charge is 0.335 e. The number of hydrogen-bond donors (Lipinski definition) is 2. The van der Waals surface area contributed by atoms with Gasteiger partial charge in [-0.2, -0.15) is 5.10 Å². The third kappa shape index (κ3) is 4.54. The largest absolute Gasteiger partial charge is 0.496 e. The molecule has 1 heterocycles. The Morgan fingerprint density at radius 3 is 2.50 bits per heavy atom. The summed E-state index contributed by atoms with van der Waals surface area (Å²) in [6, 6.07) is 26.1. The molecule has 0 spiro atoms. The van der Waals surface area contributed by atoms with Gasteiger partial charge in [-0.15, -0.1) is 0 Å². The molecule has 0 atom stereocenters. The summed E-state index contributed by atoms with van der Waals surface area (Å²) in [5.74, 6) is -0.856. The number of nitrogens with zero attached hydrogens (tertiary/aromatic N) is 2. The van der Waals surface area contributed by atoms with Crippen molar-refractivity contribution >= 4 is 39.8 Å².